The Hall–Kier alpha value is -3.11. The Bertz CT molecular complexity index is 1130. The van der Waals surface area contributed by atoms with Crippen molar-refractivity contribution in [2.24, 2.45) is 0 Å². The van der Waals surface area contributed by atoms with Gasteiger partial charge in [0.25, 0.3) is 5.91 Å². The quantitative estimate of drug-likeness (QED) is 0.615. The molecule has 0 unspecified atom stereocenters. The van der Waals surface area contributed by atoms with E-state index in [-0.39, 0.29) is 11.6 Å². The predicted octanol–water partition coefficient (Wildman–Crippen LogP) is 2.16. The van der Waals surface area contributed by atoms with Crippen LogP contribution in [0.2, 0.25) is 0 Å². The minimum atomic E-state index is -4.01. The van der Waals surface area contributed by atoms with E-state index in [2.05, 4.69) is 20.1 Å². The van der Waals surface area contributed by atoms with Crippen molar-refractivity contribution in [1.82, 2.24) is 19.5 Å². The molecule has 1 aromatic heterocycles. The monoisotopic (exact) mass is 415 g/mol. The van der Waals surface area contributed by atoms with E-state index in [1.807, 2.05) is 12.1 Å². The number of nitrogens with zero attached hydrogens (tertiary/aromatic N) is 3. The molecule has 3 aromatic rings. The lowest BCUT2D eigenvalue weighted by Crippen LogP contribution is -2.27. The van der Waals surface area contributed by atoms with Gasteiger partial charge in [-0.1, -0.05) is 12.1 Å². The van der Waals surface area contributed by atoms with Crippen LogP contribution in [0.5, 0.6) is 0 Å². The number of carbonyl (C=O) groups excluding carboxylic acids is 1. The molecule has 10 heteroatoms. The Kier molecular flexibility index (Phi) is 5.12. The molecular weight excluding hydrogens is 397 g/mol. The maximum Gasteiger partial charge on any atom is 0.255 e. The van der Waals surface area contributed by atoms with E-state index in [0.717, 1.165) is 30.5 Å². The van der Waals surface area contributed by atoms with E-state index in [1.165, 1.54) is 12.4 Å². The fourth-order valence-electron chi connectivity index (χ4n) is 2.73. The summed E-state index contributed by atoms with van der Waals surface area (Å²) in [5.74, 6) is -1.43. The van der Waals surface area contributed by atoms with Crippen molar-refractivity contribution < 1.29 is 17.6 Å². The molecule has 1 saturated carbocycles. The van der Waals surface area contributed by atoms with Crippen molar-refractivity contribution in [1.29, 1.82) is 0 Å². The summed E-state index contributed by atoms with van der Waals surface area (Å²) in [6.07, 6.45) is 4.52. The lowest BCUT2D eigenvalue weighted by molar-refractivity contribution is 0.102. The molecule has 1 heterocycles. The molecule has 1 aliphatic carbocycles. The number of rotatable bonds is 7. The number of nitrogens with one attached hydrogen (secondary N) is 2. The topological polar surface area (TPSA) is 106 Å². The van der Waals surface area contributed by atoms with Crippen molar-refractivity contribution in [3.63, 3.8) is 0 Å². The summed E-state index contributed by atoms with van der Waals surface area (Å²) in [5.41, 5.74) is 1.55. The second-order valence-corrected chi connectivity index (χ2v) is 8.47. The molecule has 8 nitrogen and oxygen atoms in total. The third-order valence-electron chi connectivity index (χ3n) is 4.41. The second-order valence-electron chi connectivity index (χ2n) is 6.78. The van der Waals surface area contributed by atoms with Gasteiger partial charge in [-0.3, -0.25) is 4.79 Å². The second kappa shape index (κ2) is 7.72. The van der Waals surface area contributed by atoms with Gasteiger partial charge in [-0.15, -0.1) is 0 Å². The summed E-state index contributed by atoms with van der Waals surface area (Å²) in [6.45, 7) is 0.543. The number of amides is 1. The van der Waals surface area contributed by atoms with E-state index >= 15 is 0 Å². The summed E-state index contributed by atoms with van der Waals surface area (Å²) in [4.78, 5) is 15.9. The van der Waals surface area contributed by atoms with Gasteiger partial charge in [-0.2, -0.15) is 5.10 Å². The molecule has 1 fully saturated rings. The van der Waals surface area contributed by atoms with Crippen molar-refractivity contribution in [3.8, 4) is 0 Å². The minimum absolute atomic E-state index is 0.0502. The smallest absolute Gasteiger partial charge is 0.255 e. The average molecular weight is 415 g/mol. The number of carbonyl (C=O) groups is 1. The highest BCUT2D eigenvalue weighted by Gasteiger charge is 2.30. The molecule has 0 saturated heterocycles. The molecule has 1 amide bonds. The fourth-order valence-corrected chi connectivity index (χ4v) is 4.14. The maximum absolute atomic E-state index is 14.1. The van der Waals surface area contributed by atoms with E-state index in [1.54, 1.807) is 23.1 Å². The van der Waals surface area contributed by atoms with Crippen molar-refractivity contribution in [2.45, 2.75) is 30.3 Å². The first-order chi connectivity index (χ1) is 13.9. The summed E-state index contributed by atoms with van der Waals surface area (Å²) in [6, 6.07) is 10.2. The van der Waals surface area contributed by atoms with E-state index < -0.39 is 26.6 Å². The van der Waals surface area contributed by atoms with Crippen molar-refractivity contribution in [2.75, 3.05) is 5.32 Å². The lowest BCUT2D eigenvalue weighted by Gasteiger charge is -2.10. The van der Waals surface area contributed by atoms with Crippen LogP contribution in [0.25, 0.3) is 0 Å². The summed E-state index contributed by atoms with van der Waals surface area (Å²) in [7, 11) is -4.01. The molecule has 2 N–H and O–H groups in total. The highest BCUT2D eigenvalue weighted by atomic mass is 32.2. The summed E-state index contributed by atoms with van der Waals surface area (Å²) >= 11 is 0. The molecule has 0 radical (unpaired) electrons. The molecular formula is C19H18FN5O3S. The van der Waals surface area contributed by atoms with Gasteiger partial charge in [0.15, 0.2) is 0 Å². The number of hydrogen-bond acceptors (Lipinski definition) is 5. The molecule has 0 bridgehead atoms. The van der Waals surface area contributed by atoms with Gasteiger partial charge >= 0.3 is 0 Å². The molecule has 0 spiro atoms. The van der Waals surface area contributed by atoms with Gasteiger partial charge in [0.05, 0.1) is 6.54 Å². The number of anilines is 1. The van der Waals surface area contributed by atoms with Crippen LogP contribution < -0.4 is 10.0 Å². The van der Waals surface area contributed by atoms with Crippen LogP contribution in [0.15, 0.2) is 60.0 Å². The molecule has 0 aliphatic heterocycles. The first kappa shape index (κ1) is 19.2. The number of halogens is 1. The van der Waals surface area contributed by atoms with E-state index in [0.29, 0.717) is 12.2 Å². The Morgan fingerprint density at radius 3 is 2.59 bits per heavy atom. The average Bonchev–Trinajstić information content (AvgIpc) is 3.34. The van der Waals surface area contributed by atoms with Crippen LogP contribution in [0.4, 0.5) is 10.1 Å². The number of benzene rings is 2. The largest absolute Gasteiger partial charge is 0.322 e. The lowest BCUT2D eigenvalue weighted by atomic mass is 10.1. The minimum Gasteiger partial charge on any atom is -0.322 e. The van der Waals surface area contributed by atoms with Crippen LogP contribution in [0.1, 0.15) is 28.8 Å². The molecule has 0 atom stereocenters. The molecule has 29 heavy (non-hydrogen) atoms. The molecule has 150 valence electrons. The van der Waals surface area contributed by atoms with Crippen LogP contribution >= 0.6 is 0 Å². The van der Waals surface area contributed by atoms with Gasteiger partial charge in [0.1, 0.15) is 23.4 Å². The maximum atomic E-state index is 14.1. The van der Waals surface area contributed by atoms with Crippen molar-refractivity contribution >= 4 is 21.6 Å². The van der Waals surface area contributed by atoms with Crippen LogP contribution in [-0.4, -0.2) is 35.1 Å². The Morgan fingerprint density at radius 1 is 1.17 bits per heavy atom. The van der Waals surface area contributed by atoms with E-state index in [4.69, 9.17) is 0 Å². The fraction of sp³-hybridized carbons (Fsp3) is 0.211. The first-order valence-corrected chi connectivity index (χ1v) is 10.4. The predicted molar refractivity (Wildman–Crippen MR) is 103 cm³/mol. The normalized spacial score (nSPS) is 14.0. The van der Waals surface area contributed by atoms with Crippen LogP contribution in [0, 0.1) is 5.82 Å². The van der Waals surface area contributed by atoms with Gasteiger partial charge in [-0.25, -0.2) is 27.2 Å². The van der Waals surface area contributed by atoms with E-state index in [9.17, 15) is 17.6 Å². The molecule has 4 rings (SSSR count). The third kappa shape index (κ3) is 4.66. The Labute approximate surface area is 166 Å². The Morgan fingerprint density at radius 2 is 1.93 bits per heavy atom. The van der Waals surface area contributed by atoms with Crippen LogP contribution in [0.3, 0.4) is 0 Å². The summed E-state index contributed by atoms with van der Waals surface area (Å²) < 4.78 is 42.8. The van der Waals surface area contributed by atoms with Crippen molar-refractivity contribution in [3.05, 3.63) is 72.1 Å². The highest BCUT2D eigenvalue weighted by Crippen LogP contribution is 2.24. The van der Waals surface area contributed by atoms with Gasteiger partial charge in [0.2, 0.25) is 10.0 Å². The molecule has 2 aromatic carbocycles. The number of aromatic nitrogens is 3. The standard InChI is InChI=1S/C19H18FN5O3S/c20-17-8-3-14(9-18(17)29(27,28)24-16-6-7-16)19(26)23-15-4-1-13(2-5-15)10-25-12-21-11-22-25/h1-5,8-9,11-12,16,24H,6-7,10H2,(H,23,26). The first-order valence-electron chi connectivity index (χ1n) is 8.95. The van der Waals surface area contributed by atoms with Gasteiger partial charge in [0, 0.05) is 17.3 Å². The highest BCUT2D eigenvalue weighted by molar-refractivity contribution is 7.89. The summed E-state index contributed by atoms with van der Waals surface area (Å²) in [5, 5.41) is 6.71. The number of hydrogen-bond donors (Lipinski definition) is 2. The third-order valence-corrected chi connectivity index (χ3v) is 5.94. The Balaban J connectivity index is 1.47. The van der Waals surface area contributed by atoms with Gasteiger partial charge in [-0.05, 0) is 48.7 Å². The SMILES string of the molecule is O=C(Nc1ccc(Cn2cncn2)cc1)c1ccc(F)c(S(=O)(=O)NC2CC2)c1. The zero-order valence-electron chi connectivity index (χ0n) is 15.2. The van der Waals surface area contributed by atoms with Crippen LogP contribution in [-0.2, 0) is 16.6 Å². The molecule has 1 aliphatic rings. The number of sulfonamides is 1. The zero-order chi connectivity index (χ0) is 20.4. The van der Waals surface area contributed by atoms with Gasteiger partial charge < -0.3 is 5.32 Å². The zero-order valence-corrected chi connectivity index (χ0v) is 16.1.